The Balaban J connectivity index is 2.15. The minimum atomic E-state index is -2.12. The smallest absolute Gasteiger partial charge is 0.250 e. The van der Waals surface area contributed by atoms with Crippen molar-refractivity contribution in [3.63, 3.8) is 0 Å². The standard InChI is InChI=1S/C29H33NOSi/c1-20-16-18-22(19-17-20)26-25(21-12-8-7-9-13-21)27(30)23-14-10-11-15-24(23)28(26)31-32(5,6)29(2,3)4/h7-19H,30H2,1-6H3. The predicted octanol–water partition coefficient (Wildman–Crippen LogP) is 8.45. The molecule has 0 aliphatic carbocycles. The first kappa shape index (κ1) is 22.2. The van der Waals surface area contributed by atoms with Crippen LogP contribution in [0.4, 0.5) is 5.69 Å². The van der Waals surface area contributed by atoms with Gasteiger partial charge in [-0.05, 0) is 36.2 Å². The maximum atomic E-state index is 7.10. The SMILES string of the molecule is Cc1ccc(-c2c(-c3ccccc3)c(N)c3ccccc3c2O[Si](C)(C)C(C)(C)C)cc1. The van der Waals surface area contributed by atoms with Crippen molar-refractivity contribution in [2.45, 2.75) is 45.8 Å². The van der Waals surface area contributed by atoms with Crippen LogP contribution in [0.1, 0.15) is 26.3 Å². The van der Waals surface area contributed by atoms with Crippen LogP contribution in [0, 0.1) is 6.92 Å². The Hall–Kier alpha value is -3.04. The Morgan fingerprint density at radius 2 is 1.22 bits per heavy atom. The zero-order valence-corrected chi connectivity index (χ0v) is 21.0. The average Bonchev–Trinajstić information content (AvgIpc) is 2.76. The number of fused-ring (bicyclic) bond motifs is 1. The Morgan fingerprint density at radius 3 is 1.81 bits per heavy atom. The number of nitrogens with two attached hydrogens (primary N) is 1. The molecule has 0 aliphatic heterocycles. The van der Waals surface area contributed by atoms with Crippen molar-refractivity contribution in [2.24, 2.45) is 0 Å². The fourth-order valence-corrected chi connectivity index (χ4v) is 4.88. The molecule has 0 atom stereocenters. The average molecular weight is 440 g/mol. The molecule has 0 spiro atoms. The van der Waals surface area contributed by atoms with Crippen molar-refractivity contribution in [3.8, 4) is 28.0 Å². The number of hydrogen-bond donors (Lipinski definition) is 1. The first-order valence-corrected chi connectivity index (χ1v) is 14.2. The second-order valence-corrected chi connectivity index (χ2v) is 14.9. The van der Waals surface area contributed by atoms with E-state index in [0.717, 1.165) is 44.5 Å². The zero-order valence-electron chi connectivity index (χ0n) is 20.0. The zero-order chi connectivity index (χ0) is 23.1. The lowest BCUT2D eigenvalue weighted by atomic mass is 9.88. The molecule has 0 aromatic heterocycles. The van der Waals surface area contributed by atoms with Gasteiger partial charge in [-0.2, -0.15) is 0 Å². The number of aryl methyl sites for hydroxylation is 1. The summed E-state index contributed by atoms with van der Waals surface area (Å²) in [6.45, 7) is 13.6. The first-order valence-electron chi connectivity index (χ1n) is 11.3. The van der Waals surface area contributed by atoms with Gasteiger partial charge in [0.15, 0.2) is 0 Å². The highest BCUT2D eigenvalue weighted by molar-refractivity contribution is 6.75. The fraction of sp³-hybridized carbons (Fsp3) is 0.241. The summed E-state index contributed by atoms with van der Waals surface area (Å²) in [7, 11) is -2.12. The molecule has 0 unspecified atom stereocenters. The van der Waals surface area contributed by atoms with Gasteiger partial charge in [-0.15, -0.1) is 0 Å². The second-order valence-electron chi connectivity index (χ2n) is 10.1. The van der Waals surface area contributed by atoms with Crippen molar-refractivity contribution >= 4 is 24.8 Å². The van der Waals surface area contributed by atoms with Gasteiger partial charge in [-0.3, -0.25) is 0 Å². The highest BCUT2D eigenvalue weighted by Crippen LogP contribution is 2.50. The molecule has 0 aliphatic rings. The Bertz CT molecular complexity index is 1250. The molecule has 0 heterocycles. The van der Waals surface area contributed by atoms with Crippen molar-refractivity contribution in [3.05, 3.63) is 84.4 Å². The molecule has 0 radical (unpaired) electrons. The highest BCUT2D eigenvalue weighted by atomic mass is 28.4. The van der Waals surface area contributed by atoms with Crippen LogP contribution in [0.25, 0.3) is 33.0 Å². The summed E-state index contributed by atoms with van der Waals surface area (Å²) in [4.78, 5) is 0. The summed E-state index contributed by atoms with van der Waals surface area (Å²) in [6.07, 6.45) is 0. The lowest BCUT2D eigenvalue weighted by molar-refractivity contribution is 0.498. The van der Waals surface area contributed by atoms with Crippen molar-refractivity contribution in [1.29, 1.82) is 0 Å². The summed E-state index contributed by atoms with van der Waals surface area (Å²) in [5.74, 6) is 0.948. The molecule has 4 rings (SSSR count). The largest absolute Gasteiger partial charge is 0.543 e. The molecule has 0 fully saturated rings. The van der Waals surface area contributed by atoms with E-state index in [0.29, 0.717) is 0 Å². The first-order chi connectivity index (χ1) is 15.1. The summed E-state index contributed by atoms with van der Waals surface area (Å²) in [5.41, 5.74) is 13.3. The monoisotopic (exact) mass is 439 g/mol. The van der Waals surface area contributed by atoms with Crippen molar-refractivity contribution in [2.75, 3.05) is 5.73 Å². The number of benzene rings is 4. The third-order valence-electron chi connectivity index (χ3n) is 6.77. The van der Waals surface area contributed by atoms with Crippen LogP contribution in [0.2, 0.25) is 18.1 Å². The number of nitrogen functional groups attached to an aromatic ring is 1. The lowest BCUT2D eigenvalue weighted by Gasteiger charge is -2.38. The molecule has 3 heteroatoms. The lowest BCUT2D eigenvalue weighted by Crippen LogP contribution is -2.44. The van der Waals surface area contributed by atoms with Crippen LogP contribution in [0.15, 0.2) is 78.9 Å². The van der Waals surface area contributed by atoms with Crippen LogP contribution in [-0.2, 0) is 0 Å². The van der Waals surface area contributed by atoms with E-state index in [4.69, 9.17) is 10.2 Å². The molecule has 4 aromatic carbocycles. The molecule has 164 valence electrons. The van der Waals surface area contributed by atoms with Crippen LogP contribution >= 0.6 is 0 Å². The summed E-state index contributed by atoms with van der Waals surface area (Å²) in [6, 6.07) is 27.5. The maximum absolute atomic E-state index is 7.10. The number of anilines is 1. The quantitative estimate of drug-likeness (QED) is 0.256. The van der Waals surface area contributed by atoms with Gasteiger partial charge in [0.25, 0.3) is 8.32 Å². The van der Waals surface area contributed by atoms with Gasteiger partial charge in [-0.1, -0.05) is 105 Å². The van der Waals surface area contributed by atoms with Gasteiger partial charge in [0.05, 0.1) is 0 Å². The van der Waals surface area contributed by atoms with Gasteiger partial charge in [0.1, 0.15) is 5.75 Å². The van der Waals surface area contributed by atoms with E-state index >= 15 is 0 Å². The summed E-state index contributed by atoms with van der Waals surface area (Å²) in [5, 5.41) is 2.19. The van der Waals surface area contributed by atoms with Crippen LogP contribution in [0.5, 0.6) is 5.75 Å². The molecule has 0 amide bonds. The van der Waals surface area contributed by atoms with E-state index < -0.39 is 8.32 Å². The fourth-order valence-electron chi connectivity index (χ4n) is 3.85. The molecular formula is C29H33NOSi. The van der Waals surface area contributed by atoms with Gasteiger partial charge in [0, 0.05) is 27.6 Å². The summed E-state index contributed by atoms with van der Waals surface area (Å²) >= 11 is 0. The Kier molecular flexibility index (Phi) is 5.64. The predicted molar refractivity (Wildman–Crippen MR) is 142 cm³/mol. The molecule has 32 heavy (non-hydrogen) atoms. The Morgan fingerprint density at radius 1 is 0.688 bits per heavy atom. The molecule has 2 nitrogen and oxygen atoms in total. The topological polar surface area (TPSA) is 35.2 Å². The van der Waals surface area contributed by atoms with E-state index in [1.807, 2.05) is 6.07 Å². The second kappa shape index (κ2) is 8.14. The summed E-state index contributed by atoms with van der Waals surface area (Å²) < 4.78 is 7.10. The Labute approximate surface area is 193 Å². The third kappa shape index (κ3) is 3.93. The molecule has 0 bridgehead atoms. The van der Waals surface area contributed by atoms with Crippen LogP contribution in [-0.4, -0.2) is 8.32 Å². The van der Waals surface area contributed by atoms with Gasteiger partial charge in [0.2, 0.25) is 0 Å². The van der Waals surface area contributed by atoms with E-state index in [2.05, 4.69) is 114 Å². The van der Waals surface area contributed by atoms with Crippen LogP contribution < -0.4 is 10.2 Å². The third-order valence-corrected chi connectivity index (χ3v) is 11.1. The number of hydrogen-bond acceptors (Lipinski definition) is 2. The number of rotatable bonds is 4. The maximum Gasteiger partial charge on any atom is 0.250 e. The molecule has 0 saturated carbocycles. The van der Waals surface area contributed by atoms with Gasteiger partial charge < -0.3 is 10.2 Å². The molecule has 0 saturated heterocycles. The van der Waals surface area contributed by atoms with Crippen LogP contribution in [0.3, 0.4) is 0 Å². The molecular weight excluding hydrogens is 406 g/mol. The van der Waals surface area contributed by atoms with Crippen molar-refractivity contribution in [1.82, 2.24) is 0 Å². The highest BCUT2D eigenvalue weighted by Gasteiger charge is 2.40. The van der Waals surface area contributed by atoms with E-state index in [1.54, 1.807) is 0 Å². The van der Waals surface area contributed by atoms with E-state index in [1.165, 1.54) is 5.56 Å². The van der Waals surface area contributed by atoms with Gasteiger partial charge >= 0.3 is 0 Å². The normalized spacial score (nSPS) is 12.2. The van der Waals surface area contributed by atoms with Crippen molar-refractivity contribution < 1.29 is 4.43 Å². The van der Waals surface area contributed by atoms with E-state index in [-0.39, 0.29) is 5.04 Å². The minimum Gasteiger partial charge on any atom is -0.543 e. The molecule has 4 aromatic rings. The van der Waals surface area contributed by atoms with Gasteiger partial charge in [-0.25, -0.2) is 0 Å². The minimum absolute atomic E-state index is 0.0763. The van der Waals surface area contributed by atoms with E-state index in [9.17, 15) is 0 Å². The molecule has 2 N–H and O–H groups in total.